The molecule has 0 aromatic heterocycles. The van der Waals surface area contributed by atoms with Crippen LogP contribution in [0.25, 0.3) is 0 Å². The van der Waals surface area contributed by atoms with Gasteiger partial charge in [0.05, 0.1) is 18.2 Å². The van der Waals surface area contributed by atoms with Crippen molar-refractivity contribution in [3.63, 3.8) is 0 Å². The predicted octanol–water partition coefficient (Wildman–Crippen LogP) is 1.34. The molecule has 3 aliphatic rings. The fourth-order valence-electron chi connectivity index (χ4n) is 3.73. The van der Waals surface area contributed by atoms with Crippen molar-refractivity contribution in [3.05, 3.63) is 0 Å². The molecule has 1 aliphatic carbocycles. The lowest BCUT2D eigenvalue weighted by Gasteiger charge is -2.27. The van der Waals surface area contributed by atoms with Crippen LogP contribution in [0.15, 0.2) is 4.99 Å². The Morgan fingerprint density at radius 2 is 2.10 bits per heavy atom. The quantitative estimate of drug-likeness (QED) is 0.573. The van der Waals surface area contributed by atoms with Gasteiger partial charge >= 0.3 is 0 Å². The van der Waals surface area contributed by atoms with Crippen LogP contribution < -0.4 is 10.6 Å². The molecule has 21 heavy (non-hydrogen) atoms. The number of nitrogens with zero attached hydrogens (tertiary/aromatic N) is 2. The first kappa shape index (κ1) is 15.1. The summed E-state index contributed by atoms with van der Waals surface area (Å²) in [6.45, 7) is 6.63. The molecule has 5 nitrogen and oxygen atoms in total. The summed E-state index contributed by atoms with van der Waals surface area (Å²) in [6, 6.07) is 1.90. The van der Waals surface area contributed by atoms with E-state index < -0.39 is 0 Å². The van der Waals surface area contributed by atoms with Crippen molar-refractivity contribution in [1.29, 1.82) is 0 Å². The third kappa shape index (κ3) is 3.69. The molecular formula is C16H30N4O. The van der Waals surface area contributed by atoms with Gasteiger partial charge in [-0.2, -0.15) is 0 Å². The highest BCUT2D eigenvalue weighted by Gasteiger charge is 2.41. The Morgan fingerprint density at radius 1 is 1.29 bits per heavy atom. The second-order valence-electron chi connectivity index (χ2n) is 6.92. The van der Waals surface area contributed by atoms with Gasteiger partial charge in [0.1, 0.15) is 0 Å². The molecule has 0 radical (unpaired) electrons. The van der Waals surface area contributed by atoms with Crippen LogP contribution in [0.1, 0.15) is 46.0 Å². The van der Waals surface area contributed by atoms with Crippen LogP contribution in [0.5, 0.6) is 0 Å². The summed E-state index contributed by atoms with van der Waals surface area (Å²) in [5, 5.41) is 7.01. The summed E-state index contributed by atoms with van der Waals surface area (Å²) in [5.74, 6) is 0.927. The first-order valence-corrected chi connectivity index (χ1v) is 8.55. The Kier molecular flexibility index (Phi) is 4.69. The molecule has 3 fully saturated rings. The monoisotopic (exact) mass is 294 g/mol. The van der Waals surface area contributed by atoms with Crippen molar-refractivity contribution in [2.75, 3.05) is 20.1 Å². The molecule has 0 spiro atoms. The van der Waals surface area contributed by atoms with Crippen molar-refractivity contribution in [1.82, 2.24) is 15.5 Å². The lowest BCUT2D eigenvalue weighted by Crippen LogP contribution is -2.49. The lowest BCUT2D eigenvalue weighted by molar-refractivity contribution is 0.0992. The maximum absolute atomic E-state index is 5.89. The van der Waals surface area contributed by atoms with Crippen LogP contribution in [-0.2, 0) is 4.74 Å². The topological polar surface area (TPSA) is 48.9 Å². The zero-order valence-electron chi connectivity index (χ0n) is 13.6. The SMILES string of the molecule is CN=C(NCCN(C(C)C)C1CC1)NC1CC2CCC1O2. The third-order valence-electron chi connectivity index (χ3n) is 4.99. The first-order valence-electron chi connectivity index (χ1n) is 8.55. The van der Waals surface area contributed by atoms with Gasteiger partial charge in [-0.05, 0) is 46.0 Å². The van der Waals surface area contributed by atoms with Gasteiger partial charge in [-0.3, -0.25) is 9.89 Å². The molecule has 2 bridgehead atoms. The molecule has 2 saturated heterocycles. The first-order chi connectivity index (χ1) is 10.2. The minimum Gasteiger partial charge on any atom is -0.373 e. The van der Waals surface area contributed by atoms with Gasteiger partial charge in [0, 0.05) is 32.2 Å². The number of fused-ring (bicyclic) bond motifs is 2. The predicted molar refractivity (Wildman–Crippen MR) is 85.7 cm³/mol. The van der Waals surface area contributed by atoms with Crippen LogP contribution in [0.3, 0.4) is 0 Å². The summed E-state index contributed by atoms with van der Waals surface area (Å²) < 4.78 is 5.89. The van der Waals surface area contributed by atoms with E-state index in [4.69, 9.17) is 4.74 Å². The Morgan fingerprint density at radius 3 is 2.62 bits per heavy atom. The number of ether oxygens (including phenoxy) is 1. The molecule has 2 heterocycles. The fraction of sp³-hybridized carbons (Fsp3) is 0.938. The summed E-state index contributed by atoms with van der Waals surface area (Å²) in [5.41, 5.74) is 0. The molecule has 0 aromatic carbocycles. The van der Waals surface area contributed by atoms with E-state index in [0.29, 0.717) is 24.3 Å². The van der Waals surface area contributed by atoms with Gasteiger partial charge < -0.3 is 15.4 Å². The number of rotatable bonds is 6. The van der Waals surface area contributed by atoms with E-state index >= 15 is 0 Å². The highest BCUT2D eigenvalue weighted by molar-refractivity contribution is 5.80. The maximum atomic E-state index is 5.89. The van der Waals surface area contributed by atoms with Gasteiger partial charge in [-0.25, -0.2) is 0 Å². The van der Waals surface area contributed by atoms with Crippen LogP contribution in [0.2, 0.25) is 0 Å². The van der Waals surface area contributed by atoms with Crippen molar-refractivity contribution < 1.29 is 4.74 Å². The van der Waals surface area contributed by atoms with E-state index in [-0.39, 0.29) is 0 Å². The van der Waals surface area contributed by atoms with Gasteiger partial charge in [0.25, 0.3) is 0 Å². The van der Waals surface area contributed by atoms with E-state index in [0.717, 1.165) is 31.5 Å². The van der Waals surface area contributed by atoms with E-state index in [1.165, 1.54) is 25.7 Å². The van der Waals surface area contributed by atoms with Gasteiger partial charge in [-0.1, -0.05) is 0 Å². The van der Waals surface area contributed by atoms with Crippen LogP contribution in [-0.4, -0.2) is 61.3 Å². The van der Waals surface area contributed by atoms with Crippen molar-refractivity contribution in [3.8, 4) is 0 Å². The average Bonchev–Trinajstić information content (AvgIpc) is 3.08. The standard InChI is InChI=1S/C16H30N4O/c1-11(2)20(12-4-5-12)9-8-18-16(17-3)19-14-10-13-6-7-15(14)21-13/h11-15H,4-10H2,1-3H3,(H2,17,18,19). The number of hydrogen-bond acceptors (Lipinski definition) is 3. The van der Waals surface area contributed by atoms with Crippen molar-refractivity contribution in [2.45, 2.75) is 76.3 Å². The zero-order valence-corrected chi connectivity index (χ0v) is 13.6. The van der Waals surface area contributed by atoms with Crippen LogP contribution >= 0.6 is 0 Å². The molecule has 5 heteroatoms. The van der Waals surface area contributed by atoms with E-state index in [1.54, 1.807) is 0 Å². The number of aliphatic imine (C=N–C) groups is 1. The third-order valence-corrected chi connectivity index (χ3v) is 4.99. The summed E-state index contributed by atoms with van der Waals surface area (Å²) in [4.78, 5) is 6.96. The average molecular weight is 294 g/mol. The highest BCUT2D eigenvalue weighted by atomic mass is 16.5. The minimum atomic E-state index is 0.396. The molecular weight excluding hydrogens is 264 g/mol. The van der Waals surface area contributed by atoms with E-state index in [9.17, 15) is 0 Å². The van der Waals surface area contributed by atoms with Gasteiger partial charge in [0.2, 0.25) is 0 Å². The smallest absolute Gasteiger partial charge is 0.191 e. The summed E-state index contributed by atoms with van der Waals surface area (Å²) >= 11 is 0. The lowest BCUT2D eigenvalue weighted by atomic mass is 9.96. The normalized spacial score (nSPS) is 32.2. The zero-order chi connectivity index (χ0) is 14.8. The highest BCUT2D eigenvalue weighted by Crippen LogP contribution is 2.34. The van der Waals surface area contributed by atoms with Crippen molar-refractivity contribution in [2.24, 2.45) is 4.99 Å². The minimum absolute atomic E-state index is 0.396. The Balaban J connectivity index is 1.40. The number of guanidine groups is 1. The summed E-state index contributed by atoms with van der Waals surface area (Å²) in [7, 11) is 1.85. The molecule has 2 aliphatic heterocycles. The van der Waals surface area contributed by atoms with Gasteiger partial charge in [0.15, 0.2) is 5.96 Å². The van der Waals surface area contributed by atoms with Crippen molar-refractivity contribution >= 4 is 5.96 Å². The van der Waals surface area contributed by atoms with E-state index in [2.05, 4.69) is 34.4 Å². The molecule has 120 valence electrons. The van der Waals surface area contributed by atoms with E-state index in [1.807, 2.05) is 7.05 Å². The second-order valence-corrected chi connectivity index (χ2v) is 6.92. The Bertz CT molecular complexity index is 378. The molecule has 3 atom stereocenters. The fourth-order valence-corrected chi connectivity index (χ4v) is 3.73. The summed E-state index contributed by atoms with van der Waals surface area (Å²) in [6.07, 6.45) is 7.18. The number of nitrogens with one attached hydrogen (secondary N) is 2. The number of hydrogen-bond donors (Lipinski definition) is 2. The maximum Gasteiger partial charge on any atom is 0.191 e. The molecule has 0 amide bonds. The largest absolute Gasteiger partial charge is 0.373 e. The Hall–Kier alpha value is -0.810. The Labute approximate surface area is 128 Å². The second kappa shape index (κ2) is 6.53. The van der Waals surface area contributed by atoms with Gasteiger partial charge in [-0.15, -0.1) is 0 Å². The molecule has 0 aromatic rings. The van der Waals surface area contributed by atoms with Crippen LogP contribution in [0, 0.1) is 0 Å². The molecule has 3 rings (SSSR count). The molecule has 3 unspecified atom stereocenters. The molecule has 2 N–H and O–H groups in total. The molecule has 1 saturated carbocycles. The van der Waals surface area contributed by atoms with Crippen LogP contribution in [0.4, 0.5) is 0 Å².